The van der Waals surface area contributed by atoms with Crippen molar-refractivity contribution >= 4 is 17.5 Å². The first-order chi connectivity index (χ1) is 9.92. The van der Waals surface area contributed by atoms with E-state index in [2.05, 4.69) is 39.3 Å². The van der Waals surface area contributed by atoms with Crippen LogP contribution in [0.1, 0.15) is 26.5 Å². The van der Waals surface area contributed by atoms with Crippen LogP contribution >= 0.6 is 0 Å². The number of aromatic nitrogens is 2. The third kappa shape index (κ3) is 4.52. The van der Waals surface area contributed by atoms with Gasteiger partial charge in [0.15, 0.2) is 0 Å². The molecule has 0 fully saturated rings. The predicted molar refractivity (Wildman–Crippen MR) is 83.8 cm³/mol. The minimum Gasteiger partial charge on any atom is -0.360 e. The van der Waals surface area contributed by atoms with Gasteiger partial charge in [-0.15, -0.1) is 0 Å². The van der Waals surface area contributed by atoms with Gasteiger partial charge < -0.3 is 15.5 Å². The third-order valence-electron chi connectivity index (χ3n) is 3.27. The molecule has 0 spiro atoms. The van der Waals surface area contributed by atoms with Crippen molar-refractivity contribution in [1.29, 1.82) is 0 Å². The fourth-order valence-electron chi connectivity index (χ4n) is 2.15. The van der Waals surface area contributed by atoms with Crippen molar-refractivity contribution in [3.63, 3.8) is 0 Å². The first-order valence-corrected chi connectivity index (χ1v) is 7.12. The number of nitro groups is 1. The molecular weight excluding hydrogens is 272 g/mol. The van der Waals surface area contributed by atoms with Crippen molar-refractivity contribution in [1.82, 2.24) is 14.9 Å². The zero-order valence-electron chi connectivity index (χ0n) is 13.3. The van der Waals surface area contributed by atoms with Gasteiger partial charge in [-0.2, -0.15) is 4.98 Å². The zero-order valence-corrected chi connectivity index (χ0v) is 13.3. The smallest absolute Gasteiger partial charge is 0.332 e. The highest BCUT2D eigenvalue weighted by atomic mass is 16.6. The lowest BCUT2D eigenvalue weighted by molar-refractivity contribution is -0.385. The van der Waals surface area contributed by atoms with Gasteiger partial charge in [0.05, 0.1) is 4.92 Å². The molecule has 1 heterocycles. The third-order valence-corrected chi connectivity index (χ3v) is 3.27. The Kier molecular flexibility index (Phi) is 6.29. The van der Waals surface area contributed by atoms with Gasteiger partial charge in [0, 0.05) is 19.6 Å². The van der Waals surface area contributed by atoms with Crippen molar-refractivity contribution in [3.05, 3.63) is 15.8 Å². The van der Waals surface area contributed by atoms with E-state index in [1.165, 1.54) is 0 Å². The van der Waals surface area contributed by atoms with E-state index in [-0.39, 0.29) is 17.5 Å². The van der Waals surface area contributed by atoms with Crippen LogP contribution in [0.4, 0.5) is 17.5 Å². The Morgan fingerprint density at radius 1 is 1.33 bits per heavy atom. The Balaban J connectivity index is 3.00. The average molecular weight is 296 g/mol. The second-order valence-corrected chi connectivity index (χ2v) is 4.87. The number of hydrogen-bond donors (Lipinski definition) is 2. The summed E-state index contributed by atoms with van der Waals surface area (Å²) in [7, 11) is 1.68. The maximum absolute atomic E-state index is 11.2. The molecule has 118 valence electrons. The Morgan fingerprint density at radius 3 is 2.43 bits per heavy atom. The van der Waals surface area contributed by atoms with Crippen molar-refractivity contribution in [3.8, 4) is 0 Å². The van der Waals surface area contributed by atoms with Gasteiger partial charge >= 0.3 is 5.69 Å². The van der Waals surface area contributed by atoms with Crippen LogP contribution in [0.3, 0.4) is 0 Å². The highest BCUT2D eigenvalue weighted by Crippen LogP contribution is 2.26. The quantitative estimate of drug-likeness (QED) is 0.558. The largest absolute Gasteiger partial charge is 0.360 e. The Labute approximate surface area is 125 Å². The molecule has 0 bridgehead atoms. The van der Waals surface area contributed by atoms with Gasteiger partial charge in [0.25, 0.3) is 0 Å². The molecule has 0 saturated heterocycles. The summed E-state index contributed by atoms with van der Waals surface area (Å²) in [6.07, 6.45) is 0. The van der Waals surface area contributed by atoms with Gasteiger partial charge in [0.2, 0.25) is 11.8 Å². The maximum atomic E-state index is 11.2. The number of nitrogens with one attached hydrogen (secondary N) is 2. The zero-order chi connectivity index (χ0) is 16.0. The molecule has 21 heavy (non-hydrogen) atoms. The van der Waals surface area contributed by atoms with E-state index in [0.717, 1.165) is 19.6 Å². The molecule has 1 unspecified atom stereocenters. The van der Waals surface area contributed by atoms with Crippen molar-refractivity contribution < 1.29 is 4.92 Å². The van der Waals surface area contributed by atoms with Gasteiger partial charge in [-0.05, 0) is 26.9 Å². The second kappa shape index (κ2) is 7.72. The highest BCUT2D eigenvalue weighted by molar-refractivity contribution is 5.61. The standard InChI is InChI=1S/C13H24N6O2/c1-6-18(7-2)8-9(3)15-12-11(19(20)21)10(4)16-13(14-5)17-12/h9H,6-8H2,1-5H3,(H2,14,15,16,17). The van der Waals surface area contributed by atoms with Crippen LogP contribution in [0, 0.1) is 17.0 Å². The number of hydrogen-bond acceptors (Lipinski definition) is 7. The van der Waals surface area contributed by atoms with E-state index < -0.39 is 4.92 Å². The number of rotatable bonds is 8. The predicted octanol–water partition coefficient (Wildman–Crippen LogP) is 1.88. The lowest BCUT2D eigenvalue weighted by Gasteiger charge is -2.23. The summed E-state index contributed by atoms with van der Waals surface area (Å²) >= 11 is 0. The molecule has 1 atom stereocenters. The van der Waals surface area contributed by atoms with Crippen LogP contribution in [0.5, 0.6) is 0 Å². The molecule has 2 N–H and O–H groups in total. The van der Waals surface area contributed by atoms with Crippen LogP contribution in [-0.2, 0) is 0 Å². The summed E-state index contributed by atoms with van der Waals surface area (Å²) in [4.78, 5) is 21.3. The van der Waals surface area contributed by atoms with Crippen molar-refractivity contribution in [2.75, 3.05) is 37.3 Å². The summed E-state index contributed by atoms with van der Waals surface area (Å²) in [6.45, 7) is 10.4. The average Bonchev–Trinajstić information content (AvgIpc) is 2.43. The molecule has 0 aliphatic heterocycles. The molecule has 1 aromatic rings. The molecular formula is C13H24N6O2. The Bertz CT molecular complexity index is 490. The van der Waals surface area contributed by atoms with Gasteiger partial charge in [0.1, 0.15) is 5.69 Å². The van der Waals surface area contributed by atoms with E-state index in [4.69, 9.17) is 0 Å². The first-order valence-electron chi connectivity index (χ1n) is 7.12. The molecule has 1 aromatic heterocycles. The summed E-state index contributed by atoms with van der Waals surface area (Å²) in [5, 5.41) is 17.2. The van der Waals surface area contributed by atoms with E-state index in [1.54, 1.807) is 14.0 Å². The molecule has 0 saturated carbocycles. The SMILES string of the molecule is CCN(CC)CC(C)Nc1nc(NC)nc(C)c1[N+](=O)[O-]. The monoisotopic (exact) mass is 296 g/mol. The Hall–Kier alpha value is -1.96. The van der Waals surface area contributed by atoms with Gasteiger partial charge in [-0.1, -0.05) is 13.8 Å². The van der Waals surface area contributed by atoms with Crippen LogP contribution in [0.15, 0.2) is 0 Å². The molecule has 0 aliphatic carbocycles. The topological polar surface area (TPSA) is 96.2 Å². The maximum Gasteiger partial charge on any atom is 0.332 e. The van der Waals surface area contributed by atoms with Gasteiger partial charge in [-0.25, -0.2) is 4.98 Å². The molecule has 1 rings (SSSR count). The van der Waals surface area contributed by atoms with Gasteiger partial charge in [-0.3, -0.25) is 10.1 Å². The van der Waals surface area contributed by atoms with Crippen molar-refractivity contribution in [2.45, 2.75) is 33.7 Å². The molecule has 0 amide bonds. The summed E-state index contributed by atoms with van der Waals surface area (Å²) in [5.74, 6) is 0.632. The molecule has 8 heteroatoms. The number of aryl methyl sites for hydroxylation is 1. The van der Waals surface area contributed by atoms with E-state index in [0.29, 0.717) is 11.6 Å². The second-order valence-electron chi connectivity index (χ2n) is 4.87. The molecule has 8 nitrogen and oxygen atoms in total. The number of nitrogens with zero attached hydrogens (tertiary/aromatic N) is 4. The molecule has 0 radical (unpaired) electrons. The summed E-state index contributed by atoms with van der Waals surface area (Å²) in [5.41, 5.74) is 0.275. The lowest BCUT2D eigenvalue weighted by Crippen LogP contribution is -2.35. The normalized spacial score (nSPS) is 12.3. The van der Waals surface area contributed by atoms with Crippen LogP contribution in [0.2, 0.25) is 0 Å². The minimum absolute atomic E-state index is 0.0441. The summed E-state index contributed by atoms with van der Waals surface area (Å²) in [6, 6.07) is 0.0441. The van der Waals surface area contributed by atoms with E-state index in [1.807, 2.05) is 6.92 Å². The number of likely N-dealkylation sites (N-methyl/N-ethyl adjacent to an activating group) is 1. The number of anilines is 2. The summed E-state index contributed by atoms with van der Waals surface area (Å²) < 4.78 is 0. The van der Waals surface area contributed by atoms with E-state index in [9.17, 15) is 10.1 Å². The van der Waals surface area contributed by atoms with Crippen LogP contribution < -0.4 is 10.6 Å². The van der Waals surface area contributed by atoms with E-state index >= 15 is 0 Å². The molecule has 0 aliphatic rings. The molecule has 0 aromatic carbocycles. The fourth-order valence-corrected chi connectivity index (χ4v) is 2.15. The highest BCUT2D eigenvalue weighted by Gasteiger charge is 2.23. The van der Waals surface area contributed by atoms with Crippen LogP contribution in [0.25, 0.3) is 0 Å². The lowest BCUT2D eigenvalue weighted by atomic mass is 10.2. The fraction of sp³-hybridized carbons (Fsp3) is 0.692. The van der Waals surface area contributed by atoms with Crippen LogP contribution in [-0.4, -0.2) is 52.5 Å². The minimum atomic E-state index is -0.443. The van der Waals surface area contributed by atoms with Crippen molar-refractivity contribution in [2.24, 2.45) is 0 Å². The Morgan fingerprint density at radius 2 is 1.95 bits per heavy atom. The first kappa shape index (κ1) is 17.1.